The summed E-state index contributed by atoms with van der Waals surface area (Å²) in [5, 5.41) is 0. The topological polar surface area (TPSA) is 35.5 Å². The summed E-state index contributed by atoms with van der Waals surface area (Å²) < 4.78 is 10.4. The van der Waals surface area contributed by atoms with Gasteiger partial charge >= 0.3 is 5.97 Å². The van der Waals surface area contributed by atoms with Crippen LogP contribution in [0.2, 0.25) is 0 Å². The van der Waals surface area contributed by atoms with Crippen molar-refractivity contribution in [2.45, 2.75) is 19.6 Å². The number of halogens is 1. The minimum Gasteiger partial charge on any atom is -0.459 e. The van der Waals surface area contributed by atoms with Gasteiger partial charge in [0, 0.05) is 6.92 Å². The summed E-state index contributed by atoms with van der Waals surface area (Å²) >= 11 is 5.64. The van der Waals surface area contributed by atoms with E-state index in [1.54, 1.807) is 0 Å². The second-order valence-corrected chi connectivity index (χ2v) is 3.70. The normalized spacial score (nSPS) is 12.1. The Balaban J connectivity index is 2.26. The average molecular weight is 243 g/mol. The van der Waals surface area contributed by atoms with E-state index in [1.165, 1.54) is 6.92 Å². The highest BCUT2D eigenvalue weighted by Gasteiger charge is 2.10. The SMILES string of the molecule is CC(=O)O[C@H](CCl)COCc1ccccc1. The third-order valence-corrected chi connectivity index (χ3v) is 2.26. The number of ether oxygens (including phenoxy) is 2. The second-order valence-electron chi connectivity index (χ2n) is 3.39. The van der Waals surface area contributed by atoms with Crippen molar-refractivity contribution < 1.29 is 14.3 Å². The molecule has 0 aliphatic carbocycles. The first kappa shape index (κ1) is 13.0. The molecule has 0 aromatic heterocycles. The van der Waals surface area contributed by atoms with Crippen molar-refractivity contribution in [1.82, 2.24) is 0 Å². The molecule has 4 heteroatoms. The molecule has 0 amide bonds. The van der Waals surface area contributed by atoms with Gasteiger partial charge in [0.2, 0.25) is 0 Å². The molecule has 3 nitrogen and oxygen atoms in total. The molecule has 0 aliphatic rings. The van der Waals surface area contributed by atoms with Crippen molar-refractivity contribution in [2.75, 3.05) is 12.5 Å². The highest BCUT2D eigenvalue weighted by molar-refractivity contribution is 6.18. The number of carbonyl (C=O) groups excluding carboxylic acids is 1. The van der Waals surface area contributed by atoms with Gasteiger partial charge in [0.15, 0.2) is 0 Å². The van der Waals surface area contributed by atoms with Crippen LogP contribution in [0.25, 0.3) is 0 Å². The predicted molar refractivity (Wildman–Crippen MR) is 62.4 cm³/mol. The van der Waals surface area contributed by atoms with Crippen LogP contribution >= 0.6 is 11.6 Å². The Morgan fingerprint density at radius 3 is 2.62 bits per heavy atom. The van der Waals surface area contributed by atoms with Gasteiger partial charge in [-0.3, -0.25) is 4.79 Å². The van der Waals surface area contributed by atoms with Gasteiger partial charge in [-0.05, 0) is 5.56 Å². The Morgan fingerprint density at radius 1 is 1.38 bits per heavy atom. The fraction of sp³-hybridized carbons (Fsp3) is 0.417. The van der Waals surface area contributed by atoms with Crippen molar-refractivity contribution in [3.05, 3.63) is 35.9 Å². The van der Waals surface area contributed by atoms with E-state index in [2.05, 4.69) is 0 Å². The Kier molecular flexibility index (Phi) is 5.90. The molecule has 0 N–H and O–H groups in total. The number of benzene rings is 1. The Bertz CT molecular complexity index is 313. The fourth-order valence-corrected chi connectivity index (χ4v) is 1.38. The first-order valence-electron chi connectivity index (χ1n) is 5.07. The summed E-state index contributed by atoms with van der Waals surface area (Å²) in [6.07, 6.45) is -0.372. The molecule has 0 unspecified atom stereocenters. The Labute approximate surface area is 100 Å². The van der Waals surface area contributed by atoms with Gasteiger partial charge in [-0.15, -0.1) is 11.6 Å². The van der Waals surface area contributed by atoms with Crippen molar-refractivity contribution >= 4 is 17.6 Å². The minimum atomic E-state index is -0.372. The second kappa shape index (κ2) is 7.25. The quantitative estimate of drug-likeness (QED) is 0.568. The van der Waals surface area contributed by atoms with E-state index in [0.29, 0.717) is 13.2 Å². The molecule has 16 heavy (non-hydrogen) atoms. The molecule has 88 valence electrons. The number of hydrogen-bond acceptors (Lipinski definition) is 3. The van der Waals surface area contributed by atoms with E-state index in [0.717, 1.165) is 5.56 Å². The van der Waals surface area contributed by atoms with Crippen LogP contribution in [0.1, 0.15) is 12.5 Å². The van der Waals surface area contributed by atoms with Crippen molar-refractivity contribution in [1.29, 1.82) is 0 Å². The molecule has 0 aliphatic heterocycles. The number of alkyl halides is 1. The molecule has 1 aromatic rings. The maximum absolute atomic E-state index is 10.7. The standard InChI is InChI=1S/C12H15ClO3/c1-10(14)16-12(7-13)9-15-8-11-5-3-2-4-6-11/h2-6,12H,7-9H2,1H3/t12-/m1/s1. The molecule has 0 saturated carbocycles. The van der Waals surface area contributed by atoms with Crippen LogP contribution < -0.4 is 0 Å². The van der Waals surface area contributed by atoms with Crippen molar-refractivity contribution in [3.8, 4) is 0 Å². The summed E-state index contributed by atoms with van der Waals surface area (Å²) in [6.45, 7) is 2.17. The number of hydrogen-bond donors (Lipinski definition) is 0. The zero-order valence-corrected chi connectivity index (χ0v) is 9.94. The van der Waals surface area contributed by atoms with Gasteiger partial charge in [-0.1, -0.05) is 30.3 Å². The van der Waals surface area contributed by atoms with E-state index in [4.69, 9.17) is 21.1 Å². The third-order valence-electron chi connectivity index (χ3n) is 1.92. The molecule has 1 aromatic carbocycles. The molecule has 0 radical (unpaired) electrons. The van der Waals surface area contributed by atoms with Crippen LogP contribution in [0.5, 0.6) is 0 Å². The Hall–Kier alpha value is -1.06. The summed E-state index contributed by atoms with van der Waals surface area (Å²) in [4.78, 5) is 10.7. The summed E-state index contributed by atoms with van der Waals surface area (Å²) in [7, 11) is 0. The average Bonchev–Trinajstić information content (AvgIpc) is 2.28. The van der Waals surface area contributed by atoms with Crippen molar-refractivity contribution in [2.24, 2.45) is 0 Å². The van der Waals surface area contributed by atoms with Gasteiger partial charge in [-0.2, -0.15) is 0 Å². The van der Waals surface area contributed by atoms with Crippen LogP contribution in [-0.2, 0) is 20.9 Å². The molecule has 0 heterocycles. The lowest BCUT2D eigenvalue weighted by Gasteiger charge is -2.14. The Morgan fingerprint density at radius 2 is 2.06 bits per heavy atom. The lowest BCUT2D eigenvalue weighted by atomic mass is 10.2. The molecular formula is C12H15ClO3. The van der Waals surface area contributed by atoms with Crippen LogP contribution in [0.15, 0.2) is 30.3 Å². The van der Waals surface area contributed by atoms with E-state index in [-0.39, 0.29) is 18.0 Å². The molecule has 0 saturated heterocycles. The van der Waals surface area contributed by atoms with Crippen LogP contribution in [0.3, 0.4) is 0 Å². The molecule has 0 spiro atoms. The number of esters is 1. The maximum atomic E-state index is 10.7. The van der Waals surface area contributed by atoms with Crippen LogP contribution in [0, 0.1) is 0 Å². The van der Waals surface area contributed by atoms with Gasteiger partial charge in [-0.25, -0.2) is 0 Å². The summed E-state index contributed by atoms with van der Waals surface area (Å²) in [6, 6.07) is 9.79. The van der Waals surface area contributed by atoms with Gasteiger partial charge in [0.1, 0.15) is 6.10 Å². The molecule has 0 fully saturated rings. The monoisotopic (exact) mass is 242 g/mol. The predicted octanol–water partition coefficient (Wildman–Crippen LogP) is 2.37. The highest BCUT2D eigenvalue weighted by Crippen LogP contribution is 2.03. The molecular weight excluding hydrogens is 228 g/mol. The molecule has 1 atom stereocenters. The smallest absolute Gasteiger partial charge is 0.303 e. The van der Waals surface area contributed by atoms with E-state index >= 15 is 0 Å². The zero-order valence-electron chi connectivity index (χ0n) is 9.19. The summed E-state index contributed by atoms with van der Waals surface area (Å²) in [5.41, 5.74) is 1.08. The summed E-state index contributed by atoms with van der Waals surface area (Å²) in [5.74, 6) is -0.0945. The zero-order chi connectivity index (χ0) is 11.8. The largest absolute Gasteiger partial charge is 0.459 e. The van der Waals surface area contributed by atoms with Gasteiger partial charge in [0.25, 0.3) is 0 Å². The fourth-order valence-electron chi connectivity index (χ4n) is 1.23. The first-order valence-corrected chi connectivity index (χ1v) is 5.60. The highest BCUT2D eigenvalue weighted by atomic mass is 35.5. The first-order chi connectivity index (χ1) is 7.72. The van der Waals surface area contributed by atoms with Gasteiger partial charge < -0.3 is 9.47 Å². The van der Waals surface area contributed by atoms with E-state index < -0.39 is 0 Å². The van der Waals surface area contributed by atoms with Gasteiger partial charge in [0.05, 0.1) is 19.1 Å². The number of rotatable bonds is 6. The number of carbonyl (C=O) groups is 1. The van der Waals surface area contributed by atoms with E-state index in [1.807, 2.05) is 30.3 Å². The van der Waals surface area contributed by atoms with E-state index in [9.17, 15) is 4.79 Å². The van der Waals surface area contributed by atoms with Crippen LogP contribution in [-0.4, -0.2) is 24.6 Å². The van der Waals surface area contributed by atoms with Crippen LogP contribution in [0.4, 0.5) is 0 Å². The lowest BCUT2D eigenvalue weighted by molar-refractivity contribution is -0.148. The lowest BCUT2D eigenvalue weighted by Crippen LogP contribution is -2.23. The minimum absolute atomic E-state index is 0.244. The third kappa shape index (κ3) is 5.14. The maximum Gasteiger partial charge on any atom is 0.303 e. The molecule has 0 bridgehead atoms. The molecule has 1 rings (SSSR count). The van der Waals surface area contributed by atoms with Crippen molar-refractivity contribution in [3.63, 3.8) is 0 Å².